The highest BCUT2D eigenvalue weighted by atomic mass is 16.3. The molecular weight excluding hydrogens is 82.0 g/mol. The van der Waals surface area contributed by atoms with E-state index in [9.17, 15) is 4.91 Å². The van der Waals surface area contributed by atoms with Gasteiger partial charge in [0.1, 0.15) is 0 Å². The lowest BCUT2D eigenvalue weighted by Crippen LogP contribution is -2.23. The molecule has 4 heteroatoms. The monoisotopic (exact) mass is 89.1 g/mol. The first-order valence-corrected chi connectivity index (χ1v) is 1.66. The molecule has 0 atom stereocenters. The number of nitroso groups, excluding NO2 is 1. The van der Waals surface area contributed by atoms with E-state index < -0.39 is 0 Å². The summed E-state index contributed by atoms with van der Waals surface area (Å²) in [4.78, 5) is 9.29. The van der Waals surface area contributed by atoms with Gasteiger partial charge in [-0.1, -0.05) is 0 Å². The van der Waals surface area contributed by atoms with Crippen molar-refractivity contribution in [3.8, 4) is 0 Å². The fourth-order valence-corrected chi connectivity index (χ4v) is 0.0577. The van der Waals surface area contributed by atoms with E-state index in [1.54, 1.807) is 6.92 Å². The van der Waals surface area contributed by atoms with Gasteiger partial charge >= 0.3 is 0 Å². The molecule has 0 fully saturated rings. The standard InChI is InChI=1S/C2H7N3O/c1-2-5(3)4-6/h2-3H2,1H3. The van der Waals surface area contributed by atoms with E-state index in [4.69, 9.17) is 5.84 Å². The SMILES string of the molecule is CCN(N)N=O. The zero-order valence-electron chi connectivity index (χ0n) is 3.59. The molecule has 36 valence electrons. The van der Waals surface area contributed by atoms with Gasteiger partial charge in [0.05, 0.1) is 11.8 Å². The van der Waals surface area contributed by atoms with E-state index in [0.717, 1.165) is 5.12 Å². The van der Waals surface area contributed by atoms with Crippen LogP contribution < -0.4 is 5.84 Å². The fourth-order valence-electron chi connectivity index (χ4n) is 0.0577. The molecule has 0 aliphatic rings. The molecule has 0 aliphatic carbocycles. The molecule has 0 aliphatic heterocycles. The molecule has 0 saturated carbocycles. The van der Waals surface area contributed by atoms with Gasteiger partial charge in [0.25, 0.3) is 0 Å². The minimum Gasteiger partial charge on any atom is -0.229 e. The molecule has 6 heavy (non-hydrogen) atoms. The van der Waals surface area contributed by atoms with Gasteiger partial charge in [-0.3, -0.25) is 0 Å². The first-order valence-electron chi connectivity index (χ1n) is 1.66. The Morgan fingerprint density at radius 1 is 2.00 bits per heavy atom. The first-order chi connectivity index (χ1) is 2.81. The van der Waals surface area contributed by atoms with Gasteiger partial charge in [-0.2, -0.15) is 5.12 Å². The molecule has 2 N–H and O–H groups in total. The van der Waals surface area contributed by atoms with Crippen molar-refractivity contribution in [3.63, 3.8) is 0 Å². The molecular formula is C2H7N3O. The number of nitrogens with zero attached hydrogens (tertiary/aromatic N) is 2. The van der Waals surface area contributed by atoms with E-state index >= 15 is 0 Å². The molecule has 0 amide bonds. The van der Waals surface area contributed by atoms with Crippen LogP contribution >= 0.6 is 0 Å². The van der Waals surface area contributed by atoms with E-state index in [0.29, 0.717) is 6.54 Å². The number of hydrogen-bond donors (Lipinski definition) is 1. The Labute approximate surface area is 35.8 Å². The highest BCUT2D eigenvalue weighted by Gasteiger charge is 1.80. The number of hydrazine groups is 1. The second kappa shape index (κ2) is 2.59. The van der Waals surface area contributed by atoms with Crippen LogP contribution in [-0.2, 0) is 0 Å². The summed E-state index contributed by atoms with van der Waals surface area (Å²) in [5.41, 5.74) is 0. The van der Waals surface area contributed by atoms with Crippen molar-refractivity contribution >= 4 is 0 Å². The Kier molecular flexibility index (Phi) is 2.31. The summed E-state index contributed by atoms with van der Waals surface area (Å²) in [7, 11) is 0. The van der Waals surface area contributed by atoms with Crippen molar-refractivity contribution < 1.29 is 0 Å². The summed E-state index contributed by atoms with van der Waals surface area (Å²) in [6.45, 7) is 2.20. The van der Waals surface area contributed by atoms with Crippen molar-refractivity contribution in [2.45, 2.75) is 6.92 Å². The third-order valence-electron chi connectivity index (χ3n) is 0.429. The van der Waals surface area contributed by atoms with E-state index in [1.165, 1.54) is 0 Å². The minimum atomic E-state index is 0.462. The van der Waals surface area contributed by atoms with E-state index in [2.05, 4.69) is 5.29 Å². The maximum atomic E-state index is 9.29. The molecule has 0 saturated heterocycles. The average molecular weight is 89.1 g/mol. The van der Waals surface area contributed by atoms with Gasteiger partial charge in [-0.15, -0.1) is 4.91 Å². The van der Waals surface area contributed by atoms with Crippen LogP contribution in [0.3, 0.4) is 0 Å². The quantitative estimate of drug-likeness (QED) is 0.291. The van der Waals surface area contributed by atoms with Gasteiger partial charge in [0, 0.05) is 0 Å². The first kappa shape index (κ1) is 5.36. The van der Waals surface area contributed by atoms with Gasteiger partial charge in [0.2, 0.25) is 0 Å². The largest absolute Gasteiger partial charge is 0.229 e. The highest BCUT2D eigenvalue weighted by molar-refractivity contribution is 4.25. The second-order valence-corrected chi connectivity index (χ2v) is 0.837. The molecule has 0 aromatic rings. The Hall–Kier alpha value is -0.640. The molecule has 0 radical (unpaired) electrons. The highest BCUT2D eigenvalue weighted by Crippen LogP contribution is 1.69. The zero-order valence-corrected chi connectivity index (χ0v) is 3.59. The topological polar surface area (TPSA) is 58.7 Å². The van der Waals surface area contributed by atoms with Crippen molar-refractivity contribution in [2.75, 3.05) is 6.54 Å². The number of rotatable bonds is 2. The van der Waals surface area contributed by atoms with Crippen LogP contribution in [0.2, 0.25) is 0 Å². The summed E-state index contributed by atoms with van der Waals surface area (Å²) < 4.78 is 0. The fraction of sp³-hybridized carbons (Fsp3) is 1.00. The molecule has 0 rings (SSSR count). The Balaban J connectivity index is 2.96. The third-order valence-corrected chi connectivity index (χ3v) is 0.429. The summed E-state index contributed by atoms with van der Waals surface area (Å²) in [6, 6.07) is 0. The predicted octanol–water partition coefficient (Wildman–Crippen LogP) is -0.137. The molecule has 0 aromatic heterocycles. The maximum absolute atomic E-state index is 9.29. The summed E-state index contributed by atoms with van der Waals surface area (Å²) in [5.74, 6) is 4.83. The predicted molar refractivity (Wildman–Crippen MR) is 22.4 cm³/mol. The smallest absolute Gasteiger partial charge is 0.0681 e. The molecule has 0 heterocycles. The van der Waals surface area contributed by atoms with Gasteiger partial charge < -0.3 is 0 Å². The van der Waals surface area contributed by atoms with Crippen LogP contribution in [0, 0.1) is 4.91 Å². The molecule has 0 spiro atoms. The van der Waals surface area contributed by atoms with E-state index in [1.807, 2.05) is 0 Å². The van der Waals surface area contributed by atoms with Gasteiger partial charge in [-0.05, 0) is 6.92 Å². The van der Waals surface area contributed by atoms with Crippen LogP contribution in [0.1, 0.15) is 6.92 Å². The Morgan fingerprint density at radius 2 is 2.50 bits per heavy atom. The lowest BCUT2D eigenvalue weighted by Gasteiger charge is -1.98. The average Bonchev–Trinajstić information content (AvgIpc) is 1.65. The normalized spacial score (nSPS) is 7.67. The van der Waals surface area contributed by atoms with Crippen LogP contribution in [0.4, 0.5) is 0 Å². The van der Waals surface area contributed by atoms with Gasteiger partial charge in [0.15, 0.2) is 0 Å². The summed E-state index contributed by atoms with van der Waals surface area (Å²) in [6.07, 6.45) is 0. The lowest BCUT2D eigenvalue weighted by atomic mass is 10.8. The van der Waals surface area contributed by atoms with Crippen LogP contribution in [0.5, 0.6) is 0 Å². The van der Waals surface area contributed by atoms with Crippen molar-refractivity contribution in [2.24, 2.45) is 11.1 Å². The van der Waals surface area contributed by atoms with Crippen molar-refractivity contribution in [3.05, 3.63) is 4.91 Å². The van der Waals surface area contributed by atoms with Crippen molar-refractivity contribution in [1.82, 2.24) is 5.12 Å². The summed E-state index contributed by atoms with van der Waals surface area (Å²) >= 11 is 0. The molecule has 4 nitrogen and oxygen atoms in total. The van der Waals surface area contributed by atoms with Crippen LogP contribution in [0.25, 0.3) is 0 Å². The van der Waals surface area contributed by atoms with Gasteiger partial charge in [-0.25, -0.2) is 5.84 Å². The Morgan fingerprint density at radius 3 is 2.50 bits per heavy atom. The summed E-state index contributed by atoms with van der Waals surface area (Å²) in [5, 5.41) is 3.19. The number of hydrogen-bond acceptors (Lipinski definition) is 3. The molecule has 0 bridgehead atoms. The van der Waals surface area contributed by atoms with Crippen LogP contribution in [-0.4, -0.2) is 11.7 Å². The van der Waals surface area contributed by atoms with E-state index in [-0.39, 0.29) is 0 Å². The maximum Gasteiger partial charge on any atom is 0.0681 e. The molecule has 0 aromatic carbocycles. The zero-order chi connectivity index (χ0) is 4.99. The Bertz CT molecular complexity index is 46.1. The lowest BCUT2D eigenvalue weighted by molar-refractivity contribution is 0.312. The minimum absolute atomic E-state index is 0.462. The molecule has 0 unspecified atom stereocenters. The van der Waals surface area contributed by atoms with Crippen LogP contribution in [0.15, 0.2) is 5.29 Å². The number of nitrogens with two attached hydrogens (primary N) is 1. The third kappa shape index (κ3) is 1.66. The second-order valence-electron chi connectivity index (χ2n) is 0.837. The van der Waals surface area contributed by atoms with Crippen molar-refractivity contribution in [1.29, 1.82) is 0 Å².